The number of aryl methyl sites for hydroxylation is 2. The van der Waals surface area contributed by atoms with Crippen molar-refractivity contribution in [2.24, 2.45) is 0 Å². The Bertz CT molecular complexity index is 870. The van der Waals surface area contributed by atoms with E-state index in [4.69, 9.17) is 4.74 Å². The number of thiazole rings is 1. The highest BCUT2D eigenvalue weighted by molar-refractivity contribution is 7.19. The second-order valence-electron chi connectivity index (χ2n) is 7.25. The van der Waals surface area contributed by atoms with Crippen molar-refractivity contribution >= 4 is 22.4 Å². The largest absolute Gasteiger partial charge is 0.471 e. The van der Waals surface area contributed by atoms with Gasteiger partial charge in [0.05, 0.1) is 29.3 Å². The number of anilines is 1. The predicted octanol–water partition coefficient (Wildman–Crippen LogP) is 3.61. The molecule has 10 heteroatoms. The van der Waals surface area contributed by atoms with Crippen LogP contribution in [-0.2, 0) is 16.1 Å². The Kier molecular flexibility index (Phi) is 6.13. The summed E-state index contributed by atoms with van der Waals surface area (Å²) >= 11 is 1.40. The smallest absolute Gasteiger partial charge is 0.372 e. The van der Waals surface area contributed by atoms with Gasteiger partial charge in [0, 0.05) is 24.5 Å². The first-order valence-electron chi connectivity index (χ1n) is 9.23. The molecule has 1 amide bonds. The van der Waals surface area contributed by atoms with Crippen LogP contribution in [0.1, 0.15) is 30.9 Å². The molecule has 0 aliphatic carbocycles. The number of amides is 1. The zero-order valence-corrected chi connectivity index (χ0v) is 17.4. The van der Waals surface area contributed by atoms with E-state index in [1.165, 1.54) is 11.3 Å². The lowest BCUT2D eigenvalue weighted by Gasteiger charge is -2.35. The lowest BCUT2D eigenvalue weighted by Crippen LogP contribution is -2.45. The Labute approximate surface area is 171 Å². The molecule has 3 heterocycles. The molecule has 2 aromatic heterocycles. The lowest BCUT2D eigenvalue weighted by molar-refractivity contribution is -0.173. The molecule has 2 atom stereocenters. The average molecular weight is 428 g/mol. The molecule has 0 spiro atoms. The van der Waals surface area contributed by atoms with Crippen molar-refractivity contribution in [2.45, 2.75) is 52.6 Å². The van der Waals surface area contributed by atoms with Crippen molar-refractivity contribution in [3.63, 3.8) is 0 Å². The molecule has 0 radical (unpaired) electrons. The molecular weight excluding hydrogens is 405 g/mol. The number of morpholine rings is 1. The molecule has 29 heavy (non-hydrogen) atoms. The zero-order chi connectivity index (χ0) is 21.3. The number of ether oxygens (including phenoxy) is 1. The average Bonchev–Trinajstić information content (AvgIpc) is 3.01. The zero-order valence-electron chi connectivity index (χ0n) is 16.6. The number of nitrogens with one attached hydrogen (secondary N) is 1. The minimum Gasteiger partial charge on any atom is -0.372 e. The Morgan fingerprint density at radius 2 is 1.79 bits per heavy atom. The molecule has 1 N–H and O–H groups in total. The molecule has 1 aliphatic rings. The highest BCUT2D eigenvalue weighted by atomic mass is 32.1. The number of rotatable bonds is 4. The summed E-state index contributed by atoms with van der Waals surface area (Å²) < 4.78 is 43.6. The maximum absolute atomic E-state index is 12.6. The Morgan fingerprint density at radius 3 is 2.34 bits per heavy atom. The van der Waals surface area contributed by atoms with Crippen LogP contribution in [0.15, 0.2) is 12.1 Å². The van der Waals surface area contributed by atoms with E-state index in [-0.39, 0.29) is 18.8 Å². The first-order valence-corrected chi connectivity index (χ1v) is 10.1. The van der Waals surface area contributed by atoms with E-state index in [1.54, 1.807) is 0 Å². The van der Waals surface area contributed by atoms with Gasteiger partial charge in [0.25, 0.3) is 0 Å². The van der Waals surface area contributed by atoms with Gasteiger partial charge in [-0.2, -0.15) is 13.2 Å². The number of halogens is 3. The summed E-state index contributed by atoms with van der Waals surface area (Å²) in [5.41, 5.74) is 2.83. The lowest BCUT2D eigenvalue weighted by atomic mass is 10.1. The maximum Gasteiger partial charge on any atom is 0.471 e. The molecule has 158 valence electrons. The van der Waals surface area contributed by atoms with Gasteiger partial charge in [0.1, 0.15) is 0 Å². The van der Waals surface area contributed by atoms with Gasteiger partial charge in [-0.25, -0.2) is 4.98 Å². The third kappa shape index (κ3) is 5.24. The minimum absolute atomic E-state index is 0.0184. The summed E-state index contributed by atoms with van der Waals surface area (Å²) in [4.78, 5) is 23.0. The van der Waals surface area contributed by atoms with Crippen molar-refractivity contribution in [2.75, 3.05) is 18.0 Å². The molecule has 6 nitrogen and oxygen atoms in total. The van der Waals surface area contributed by atoms with E-state index in [9.17, 15) is 18.0 Å². The topological polar surface area (TPSA) is 67.3 Å². The second-order valence-corrected chi connectivity index (χ2v) is 8.23. The van der Waals surface area contributed by atoms with Crippen LogP contribution in [0.25, 0.3) is 10.4 Å². The molecular formula is C19H23F3N4O2S. The standard InChI is InChI=1S/C19H23F3N4O2S/c1-10-5-14(6-11(2)24-10)16-15(7-23-17(27)19(20,21)22)25-18(29-16)26-8-12(3)28-13(4)9-26/h5-6,12-13H,7-9H2,1-4H3,(H,23,27)/t12-,13+. The molecule has 3 rings (SSSR count). The number of hydrogen-bond acceptors (Lipinski definition) is 6. The SMILES string of the molecule is Cc1cc(-c2sc(N3C[C@@H](C)O[C@@H](C)C3)nc2CNC(=O)C(F)(F)F)cc(C)n1. The normalized spacial score (nSPS) is 20.0. The Hall–Kier alpha value is -2.20. The molecule has 0 saturated carbocycles. The van der Waals surface area contributed by atoms with Crippen molar-refractivity contribution in [3.8, 4) is 10.4 Å². The van der Waals surface area contributed by atoms with Crippen LogP contribution in [-0.4, -0.2) is 47.3 Å². The number of carbonyl (C=O) groups is 1. The van der Waals surface area contributed by atoms with Gasteiger partial charge in [-0.1, -0.05) is 11.3 Å². The summed E-state index contributed by atoms with van der Waals surface area (Å²) in [5, 5.41) is 2.63. The molecule has 1 aliphatic heterocycles. The first-order chi connectivity index (χ1) is 13.5. The molecule has 0 aromatic carbocycles. The number of alkyl halides is 3. The van der Waals surface area contributed by atoms with E-state index in [0.29, 0.717) is 23.9 Å². The summed E-state index contributed by atoms with van der Waals surface area (Å²) in [7, 11) is 0. The van der Waals surface area contributed by atoms with E-state index in [1.807, 2.05) is 45.1 Å². The number of carbonyl (C=O) groups excluding carboxylic acids is 1. The predicted molar refractivity (Wildman–Crippen MR) is 105 cm³/mol. The van der Waals surface area contributed by atoms with Crippen LogP contribution in [0.2, 0.25) is 0 Å². The van der Waals surface area contributed by atoms with Gasteiger partial charge in [-0.3, -0.25) is 9.78 Å². The van der Waals surface area contributed by atoms with Gasteiger partial charge in [-0.15, -0.1) is 0 Å². The fraction of sp³-hybridized carbons (Fsp3) is 0.526. The van der Waals surface area contributed by atoms with Crippen LogP contribution in [0.3, 0.4) is 0 Å². The molecule has 0 unspecified atom stereocenters. The quantitative estimate of drug-likeness (QED) is 0.806. The summed E-state index contributed by atoms with van der Waals surface area (Å²) in [6, 6.07) is 3.73. The van der Waals surface area contributed by atoms with Gasteiger partial charge in [0.2, 0.25) is 0 Å². The third-order valence-corrected chi connectivity index (χ3v) is 5.60. The highest BCUT2D eigenvalue weighted by Crippen LogP contribution is 2.36. The van der Waals surface area contributed by atoms with E-state index >= 15 is 0 Å². The number of hydrogen-bond donors (Lipinski definition) is 1. The molecule has 0 bridgehead atoms. The number of nitrogens with zero attached hydrogens (tertiary/aromatic N) is 3. The van der Waals surface area contributed by atoms with Gasteiger partial charge in [-0.05, 0) is 45.4 Å². The van der Waals surface area contributed by atoms with E-state index in [0.717, 1.165) is 21.8 Å². The van der Waals surface area contributed by atoms with Crippen molar-refractivity contribution in [1.29, 1.82) is 0 Å². The van der Waals surface area contributed by atoms with Crippen LogP contribution >= 0.6 is 11.3 Å². The van der Waals surface area contributed by atoms with Crippen LogP contribution in [0, 0.1) is 13.8 Å². The monoisotopic (exact) mass is 428 g/mol. The van der Waals surface area contributed by atoms with E-state index < -0.39 is 12.1 Å². The number of pyridine rings is 1. The van der Waals surface area contributed by atoms with Crippen molar-refractivity contribution in [1.82, 2.24) is 15.3 Å². The highest BCUT2D eigenvalue weighted by Gasteiger charge is 2.38. The number of aromatic nitrogens is 2. The van der Waals surface area contributed by atoms with Crippen molar-refractivity contribution < 1.29 is 22.7 Å². The molecule has 1 fully saturated rings. The Balaban J connectivity index is 1.95. The first kappa shape index (κ1) is 21.5. The Morgan fingerprint density at radius 1 is 1.21 bits per heavy atom. The van der Waals surface area contributed by atoms with Crippen LogP contribution in [0.4, 0.5) is 18.3 Å². The summed E-state index contributed by atoms with van der Waals surface area (Å²) in [5.74, 6) is -1.98. The summed E-state index contributed by atoms with van der Waals surface area (Å²) in [6.07, 6.45) is -4.90. The summed E-state index contributed by atoms with van der Waals surface area (Å²) in [6.45, 7) is 8.62. The maximum atomic E-state index is 12.6. The van der Waals surface area contributed by atoms with Gasteiger partial charge < -0.3 is 15.0 Å². The minimum atomic E-state index is -4.93. The van der Waals surface area contributed by atoms with Crippen LogP contribution < -0.4 is 10.2 Å². The second kappa shape index (κ2) is 8.27. The fourth-order valence-corrected chi connectivity index (χ4v) is 4.47. The molecule has 1 saturated heterocycles. The van der Waals surface area contributed by atoms with Gasteiger partial charge in [0.15, 0.2) is 5.13 Å². The molecule has 2 aromatic rings. The van der Waals surface area contributed by atoms with E-state index in [2.05, 4.69) is 14.9 Å². The fourth-order valence-electron chi connectivity index (χ4n) is 3.38. The third-order valence-electron chi connectivity index (χ3n) is 4.39. The van der Waals surface area contributed by atoms with Gasteiger partial charge >= 0.3 is 12.1 Å². The van der Waals surface area contributed by atoms with Crippen molar-refractivity contribution in [3.05, 3.63) is 29.2 Å². The van der Waals surface area contributed by atoms with Crippen LogP contribution in [0.5, 0.6) is 0 Å².